The van der Waals surface area contributed by atoms with Crippen molar-refractivity contribution in [3.8, 4) is 0 Å². The van der Waals surface area contributed by atoms with Crippen molar-refractivity contribution in [2.45, 2.75) is 56.9 Å². The number of carbonyl (C=O) groups is 1. The second-order valence-electron chi connectivity index (χ2n) is 8.40. The molecule has 10 nitrogen and oxygen atoms in total. The molecular weight excluding hydrogens is 376 g/mol. The van der Waals surface area contributed by atoms with Crippen molar-refractivity contribution in [2.24, 2.45) is 7.05 Å². The van der Waals surface area contributed by atoms with Gasteiger partial charge in [0.2, 0.25) is 5.76 Å². The van der Waals surface area contributed by atoms with Crippen molar-refractivity contribution in [1.29, 1.82) is 0 Å². The van der Waals surface area contributed by atoms with Gasteiger partial charge in [0, 0.05) is 32.8 Å². The summed E-state index contributed by atoms with van der Waals surface area (Å²) >= 11 is 0. The normalized spacial score (nSPS) is 27.2. The lowest BCUT2D eigenvalue weighted by molar-refractivity contribution is -0.206. The van der Waals surface area contributed by atoms with Crippen LogP contribution in [0.4, 0.5) is 0 Å². The number of aliphatic hydroxyl groups is 1. The number of piperidine rings is 1. The first-order chi connectivity index (χ1) is 13.8. The quantitative estimate of drug-likeness (QED) is 0.752. The number of aliphatic hydroxyl groups excluding tert-OH is 1. The zero-order valence-corrected chi connectivity index (χ0v) is 17.1. The number of nitrogens with zero attached hydrogens (tertiary/aromatic N) is 5. The Morgan fingerprint density at radius 3 is 2.76 bits per heavy atom. The van der Waals surface area contributed by atoms with Crippen LogP contribution in [0.25, 0.3) is 0 Å². The van der Waals surface area contributed by atoms with Gasteiger partial charge in [-0.1, -0.05) is 5.16 Å². The van der Waals surface area contributed by atoms with Crippen molar-refractivity contribution >= 4 is 5.91 Å². The molecule has 1 amide bonds. The summed E-state index contributed by atoms with van der Waals surface area (Å²) in [7, 11) is 1.93. The van der Waals surface area contributed by atoms with Gasteiger partial charge in [0.25, 0.3) is 5.91 Å². The van der Waals surface area contributed by atoms with Crippen LogP contribution in [-0.2, 0) is 18.3 Å². The maximum atomic E-state index is 12.6. The summed E-state index contributed by atoms with van der Waals surface area (Å²) in [5.74, 6) is 0.685. The van der Waals surface area contributed by atoms with E-state index in [1.165, 1.54) is 0 Å². The fourth-order valence-corrected chi connectivity index (χ4v) is 4.34. The van der Waals surface area contributed by atoms with E-state index < -0.39 is 17.2 Å². The van der Waals surface area contributed by atoms with E-state index >= 15 is 0 Å². The lowest BCUT2D eigenvalue weighted by Gasteiger charge is -2.53. The predicted octanol–water partition coefficient (Wildman–Crippen LogP) is 0.416. The molecule has 2 aliphatic rings. The van der Waals surface area contributed by atoms with Gasteiger partial charge in [0.05, 0.1) is 23.4 Å². The standard InChI is InChI=1S/C19H28N6O4/c1-13-10-14(29-23-13)16(26)21-18(2)6-9-28-19(17(18)27)4-7-25(8-5-19)11-15-22-20-12-24(15)3/h10,12,17,27H,4-9,11H2,1-3H3,(H,21,26)/t17-,18+/m1/s1. The molecule has 1 spiro atoms. The zero-order chi connectivity index (χ0) is 20.6. The van der Waals surface area contributed by atoms with Gasteiger partial charge in [-0.15, -0.1) is 10.2 Å². The molecule has 0 unspecified atom stereocenters. The highest BCUT2D eigenvalue weighted by Gasteiger charge is 2.54. The lowest BCUT2D eigenvalue weighted by atomic mass is 9.73. The predicted molar refractivity (Wildman–Crippen MR) is 102 cm³/mol. The molecule has 2 fully saturated rings. The highest BCUT2D eigenvalue weighted by atomic mass is 16.5. The molecule has 4 heterocycles. The summed E-state index contributed by atoms with van der Waals surface area (Å²) in [5.41, 5.74) is -0.838. The first-order valence-corrected chi connectivity index (χ1v) is 9.94. The molecule has 2 aliphatic heterocycles. The second kappa shape index (κ2) is 7.51. The number of likely N-dealkylation sites (tertiary alicyclic amines) is 1. The first kappa shape index (κ1) is 20.0. The summed E-state index contributed by atoms with van der Waals surface area (Å²) in [4.78, 5) is 14.9. The molecule has 10 heteroatoms. The van der Waals surface area contributed by atoms with Gasteiger partial charge in [-0.25, -0.2) is 0 Å². The van der Waals surface area contributed by atoms with Crippen LogP contribution < -0.4 is 5.32 Å². The van der Waals surface area contributed by atoms with Gasteiger partial charge >= 0.3 is 0 Å². The third kappa shape index (κ3) is 3.79. The Morgan fingerprint density at radius 1 is 1.38 bits per heavy atom. The second-order valence-corrected chi connectivity index (χ2v) is 8.40. The Hall–Kier alpha value is -2.30. The Labute approximate surface area is 169 Å². The SMILES string of the molecule is Cc1cc(C(=O)N[C@@]2(C)CCOC3(CCN(Cc4nncn4C)CC3)[C@@H]2O)on1. The fraction of sp³-hybridized carbons (Fsp3) is 0.684. The van der Waals surface area contributed by atoms with E-state index in [-0.39, 0.29) is 11.7 Å². The van der Waals surface area contributed by atoms with E-state index in [1.807, 2.05) is 18.5 Å². The molecule has 2 aromatic rings. The van der Waals surface area contributed by atoms with Crippen LogP contribution in [-0.4, -0.2) is 72.8 Å². The lowest BCUT2D eigenvalue weighted by Crippen LogP contribution is -2.69. The molecule has 0 saturated carbocycles. The average Bonchev–Trinajstić information content (AvgIpc) is 3.30. The minimum absolute atomic E-state index is 0.148. The summed E-state index contributed by atoms with van der Waals surface area (Å²) in [6.45, 7) is 6.36. The Balaban J connectivity index is 1.42. The molecule has 4 rings (SSSR count). The van der Waals surface area contributed by atoms with Crippen LogP contribution in [0.2, 0.25) is 0 Å². The van der Waals surface area contributed by atoms with E-state index in [0.717, 1.165) is 18.9 Å². The van der Waals surface area contributed by atoms with Gasteiger partial charge < -0.3 is 24.3 Å². The number of hydrogen-bond donors (Lipinski definition) is 2. The molecule has 0 aliphatic carbocycles. The Bertz CT molecular complexity index is 872. The summed E-state index contributed by atoms with van der Waals surface area (Å²) in [5, 5.41) is 26.1. The topological polar surface area (TPSA) is 119 Å². The summed E-state index contributed by atoms with van der Waals surface area (Å²) in [6, 6.07) is 1.59. The molecule has 2 saturated heterocycles. The third-order valence-electron chi connectivity index (χ3n) is 6.24. The molecular formula is C19H28N6O4. The number of rotatable bonds is 4. The van der Waals surface area contributed by atoms with Crippen molar-refractivity contribution in [1.82, 2.24) is 30.1 Å². The number of carbonyl (C=O) groups excluding carboxylic acids is 1. The molecule has 0 radical (unpaired) electrons. The summed E-state index contributed by atoms with van der Waals surface area (Å²) < 4.78 is 13.1. The molecule has 0 aromatic carbocycles. The van der Waals surface area contributed by atoms with Crippen LogP contribution in [0.15, 0.2) is 16.9 Å². The largest absolute Gasteiger partial charge is 0.388 e. The van der Waals surface area contributed by atoms with E-state index in [1.54, 1.807) is 19.3 Å². The van der Waals surface area contributed by atoms with E-state index in [2.05, 4.69) is 25.6 Å². The number of amides is 1. The van der Waals surface area contributed by atoms with Crippen molar-refractivity contribution in [3.63, 3.8) is 0 Å². The van der Waals surface area contributed by atoms with Gasteiger partial charge in [0.15, 0.2) is 0 Å². The number of hydrogen-bond acceptors (Lipinski definition) is 8. The van der Waals surface area contributed by atoms with E-state index in [0.29, 0.717) is 38.1 Å². The minimum atomic E-state index is -0.825. The van der Waals surface area contributed by atoms with Crippen LogP contribution in [0.5, 0.6) is 0 Å². The summed E-state index contributed by atoms with van der Waals surface area (Å²) in [6.07, 6.45) is 2.75. The monoisotopic (exact) mass is 404 g/mol. The van der Waals surface area contributed by atoms with Crippen LogP contribution >= 0.6 is 0 Å². The first-order valence-electron chi connectivity index (χ1n) is 9.94. The van der Waals surface area contributed by atoms with Crippen LogP contribution in [0, 0.1) is 6.92 Å². The molecule has 2 atom stereocenters. The molecule has 2 aromatic heterocycles. The average molecular weight is 404 g/mol. The Kier molecular flexibility index (Phi) is 5.18. The molecule has 2 N–H and O–H groups in total. The Morgan fingerprint density at radius 2 is 2.14 bits per heavy atom. The van der Waals surface area contributed by atoms with E-state index in [9.17, 15) is 9.90 Å². The van der Waals surface area contributed by atoms with Crippen LogP contribution in [0.3, 0.4) is 0 Å². The number of nitrogens with one attached hydrogen (secondary N) is 1. The maximum Gasteiger partial charge on any atom is 0.290 e. The van der Waals surface area contributed by atoms with Crippen molar-refractivity contribution in [3.05, 3.63) is 29.7 Å². The third-order valence-corrected chi connectivity index (χ3v) is 6.24. The number of aryl methyl sites for hydroxylation is 2. The van der Waals surface area contributed by atoms with Crippen molar-refractivity contribution in [2.75, 3.05) is 19.7 Å². The molecule has 158 valence electrons. The van der Waals surface area contributed by atoms with Gasteiger partial charge in [-0.2, -0.15) is 0 Å². The highest BCUT2D eigenvalue weighted by molar-refractivity contribution is 5.92. The minimum Gasteiger partial charge on any atom is -0.388 e. The van der Waals surface area contributed by atoms with Gasteiger partial charge in [0.1, 0.15) is 18.3 Å². The number of aromatic nitrogens is 4. The smallest absolute Gasteiger partial charge is 0.290 e. The fourth-order valence-electron chi connectivity index (χ4n) is 4.34. The van der Waals surface area contributed by atoms with Gasteiger partial charge in [-0.05, 0) is 33.1 Å². The molecule has 0 bridgehead atoms. The number of ether oxygens (including phenoxy) is 1. The maximum absolute atomic E-state index is 12.6. The zero-order valence-electron chi connectivity index (χ0n) is 17.1. The van der Waals surface area contributed by atoms with E-state index in [4.69, 9.17) is 9.26 Å². The molecule has 29 heavy (non-hydrogen) atoms. The highest BCUT2D eigenvalue weighted by Crippen LogP contribution is 2.40. The van der Waals surface area contributed by atoms with Crippen LogP contribution in [0.1, 0.15) is 48.3 Å². The van der Waals surface area contributed by atoms with Gasteiger partial charge in [-0.3, -0.25) is 9.69 Å². The van der Waals surface area contributed by atoms with Crippen molar-refractivity contribution < 1.29 is 19.2 Å².